The van der Waals surface area contributed by atoms with Gasteiger partial charge in [0, 0.05) is 31.7 Å². The van der Waals surface area contributed by atoms with Crippen LogP contribution in [0.25, 0.3) is 16.9 Å². The van der Waals surface area contributed by atoms with Crippen LogP contribution in [0.4, 0.5) is 17.6 Å². The Bertz CT molecular complexity index is 1530. The monoisotopic (exact) mass is 479 g/mol. The highest BCUT2D eigenvalue weighted by molar-refractivity contribution is 5.78. The van der Waals surface area contributed by atoms with Crippen molar-refractivity contribution in [2.75, 3.05) is 23.3 Å². The van der Waals surface area contributed by atoms with Crippen LogP contribution in [0.3, 0.4) is 0 Å². The van der Waals surface area contributed by atoms with Crippen LogP contribution < -0.4 is 10.2 Å². The molecule has 0 aromatic carbocycles. The number of anilines is 3. The third-order valence-electron chi connectivity index (χ3n) is 6.33. The molecule has 0 bridgehead atoms. The van der Waals surface area contributed by atoms with Crippen LogP contribution in [0.15, 0.2) is 61.8 Å². The molecule has 6 rings (SSSR count). The first-order valence-corrected chi connectivity index (χ1v) is 11.9. The summed E-state index contributed by atoms with van der Waals surface area (Å²) in [6.45, 7) is 5.64. The minimum atomic E-state index is 0.673. The third kappa shape index (κ3) is 4.04. The summed E-state index contributed by atoms with van der Waals surface area (Å²) in [6, 6.07) is 5.85. The number of nitrogens with one attached hydrogen (secondary N) is 1. The van der Waals surface area contributed by atoms with Crippen LogP contribution in [0.2, 0.25) is 0 Å². The van der Waals surface area contributed by atoms with Crippen LogP contribution in [0, 0.1) is 6.92 Å². The highest BCUT2D eigenvalue weighted by Crippen LogP contribution is 2.28. The summed E-state index contributed by atoms with van der Waals surface area (Å²) in [5.74, 6) is 2.15. The van der Waals surface area contributed by atoms with E-state index in [4.69, 9.17) is 4.98 Å². The summed E-state index contributed by atoms with van der Waals surface area (Å²) in [5.41, 5.74) is 6.01. The van der Waals surface area contributed by atoms with Crippen molar-refractivity contribution in [3.8, 4) is 5.82 Å². The second-order valence-corrected chi connectivity index (χ2v) is 8.55. The molecule has 180 valence electrons. The van der Waals surface area contributed by atoms with E-state index in [2.05, 4.69) is 53.2 Å². The maximum absolute atomic E-state index is 4.74. The molecule has 0 aliphatic carbocycles. The summed E-state index contributed by atoms with van der Waals surface area (Å²) in [4.78, 5) is 29.2. The van der Waals surface area contributed by atoms with Crippen molar-refractivity contribution in [3.05, 3.63) is 78.8 Å². The van der Waals surface area contributed by atoms with Gasteiger partial charge in [-0.3, -0.25) is 4.40 Å². The number of aromatic nitrogens is 9. The fraction of sp³-hybridized carbons (Fsp3) is 0.240. The molecule has 1 N–H and O–H groups in total. The smallest absolute Gasteiger partial charge is 0.225 e. The van der Waals surface area contributed by atoms with Gasteiger partial charge in [0.2, 0.25) is 11.9 Å². The summed E-state index contributed by atoms with van der Waals surface area (Å²) in [6.07, 6.45) is 14.6. The quantitative estimate of drug-likeness (QED) is 0.391. The Morgan fingerprint density at radius 3 is 2.64 bits per heavy atom. The van der Waals surface area contributed by atoms with Crippen LogP contribution in [-0.4, -0.2) is 57.2 Å². The van der Waals surface area contributed by atoms with E-state index in [-0.39, 0.29) is 0 Å². The van der Waals surface area contributed by atoms with E-state index in [0.717, 1.165) is 60.0 Å². The molecular weight excluding hydrogens is 454 g/mol. The molecule has 0 saturated heterocycles. The molecule has 0 fully saturated rings. The van der Waals surface area contributed by atoms with Gasteiger partial charge in [0.05, 0.1) is 22.6 Å². The van der Waals surface area contributed by atoms with Crippen molar-refractivity contribution < 1.29 is 0 Å². The van der Waals surface area contributed by atoms with E-state index in [1.807, 2.05) is 48.2 Å². The van der Waals surface area contributed by atoms with Crippen molar-refractivity contribution in [2.24, 2.45) is 0 Å². The molecule has 0 radical (unpaired) electrons. The maximum Gasteiger partial charge on any atom is 0.225 e. The summed E-state index contributed by atoms with van der Waals surface area (Å²) in [5, 5.41) is 7.54. The molecule has 1 aliphatic heterocycles. The number of pyridine rings is 1. The standard InChI is InChI=1S/C25H25N11/c1-3-18-12-28-24(29-13-18)34-10-7-19(8-11-34)23-21-6-9-27-25(35(21)16-30-23)33-20-4-5-22(32-17(20)2)36-15-26-14-31-36/h4-7,9,12-16H,3,8,10-11H2,1-2H3,(H,27,33). The average Bonchev–Trinajstić information content (AvgIpc) is 3.61. The highest BCUT2D eigenvalue weighted by Gasteiger charge is 2.19. The fourth-order valence-corrected chi connectivity index (χ4v) is 4.28. The molecule has 11 heteroatoms. The van der Waals surface area contributed by atoms with Gasteiger partial charge in [0.1, 0.15) is 19.0 Å². The molecule has 5 aromatic heterocycles. The summed E-state index contributed by atoms with van der Waals surface area (Å²) in [7, 11) is 0. The highest BCUT2D eigenvalue weighted by atomic mass is 15.3. The minimum absolute atomic E-state index is 0.673. The van der Waals surface area contributed by atoms with E-state index >= 15 is 0 Å². The predicted molar refractivity (Wildman–Crippen MR) is 136 cm³/mol. The first-order chi connectivity index (χ1) is 17.7. The molecule has 11 nitrogen and oxygen atoms in total. The molecule has 0 saturated carbocycles. The van der Waals surface area contributed by atoms with E-state index in [0.29, 0.717) is 11.8 Å². The topological polar surface area (TPSA) is 115 Å². The van der Waals surface area contributed by atoms with Gasteiger partial charge in [-0.1, -0.05) is 13.0 Å². The minimum Gasteiger partial charge on any atom is -0.337 e. The zero-order valence-electron chi connectivity index (χ0n) is 20.1. The number of fused-ring (bicyclic) bond motifs is 1. The third-order valence-corrected chi connectivity index (χ3v) is 6.33. The van der Waals surface area contributed by atoms with Gasteiger partial charge in [0.15, 0.2) is 5.82 Å². The van der Waals surface area contributed by atoms with Gasteiger partial charge in [-0.2, -0.15) is 5.10 Å². The van der Waals surface area contributed by atoms with E-state index in [1.165, 1.54) is 11.9 Å². The lowest BCUT2D eigenvalue weighted by Crippen LogP contribution is -2.29. The van der Waals surface area contributed by atoms with E-state index < -0.39 is 0 Å². The zero-order valence-corrected chi connectivity index (χ0v) is 20.1. The SMILES string of the molecule is CCc1cnc(N2CC=C(c3ncn4c(Nc5ccc(-n6cncn6)nc5C)nccc34)CC2)nc1. The van der Waals surface area contributed by atoms with Gasteiger partial charge in [0.25, 0.3) is 0 Å². The van der Waals surface area contributed by atoms with Crippen LogP contribution in [0.5, 0.6) is 0 Å². The Labute approximate surface area is 207 Å². The number of nitrogens with zero attached hydrogens (tertiary/aromatic N) is 10. The fourth-order valence-electron chi connectivity index (χ4n) is 4.28. The van der Waals surface area contributed by atoms with Gasteiger partial charge >= 0.3 is 0 Å². The summed E-state index contributed by atoms with van der Waals surface area (Å²) < 4.78 is 3.60. The van der Waals surface area contributed by atoms with Crippen molar-refractivity contribution in [2.45, 2.75) is 26.7 Å². The number of imidazole rings is 1. The van der Waals surface area contributed by atoms with Crippen LogP contribution in [0.1, 0.15) is 30.3 Å². The molecule has 6 heterocycles. The Balaban J connectivity index is 1.23. The Kier molecular flexibility index (Phi) is 5.56. The number of hydrogen-bond acceptors (Lipinski definition) is 9. The van der Waals surface area contributed by atoms with Crippen molar-refractivity contribution >= 4 is 28.7 Å². The lowest BCUT2D eigenvalue weighted by Gasteiger charge is -2.26. The summed E-state index contributed by atoms with van der Waals surface area (Å²) >= 11 is 0. The molecule has 36 heavy (non-hydrogen) atoms. The lowest BCUT2D eigenvalue weighted by atomic mass is 10.0. The van der Waals surface area contributed by atoms with Gasteiger partial charge in [-0.15, -0.1) is 0 Å². The molecule has 5 aromatic rings. The maximum atomic E-state index is 4.74. The molecule has 0 unspecified atom stereocenters. The van der Waals surface area contributed by atoms with E-state index in [1.54, 1.807) is 17.2 Å². The Morgan fingerprint density at radius 2 is 1.92 bits per heavy atom. The molecule has 1 aliphatic rings. The van der Waals surface area contributed by atoms with Gasteiger partial charge < -0.3 is 10.2 Å². The normalized spacial score (nSPS) is 13.7. The zero-order chi connectivity index (χ0) is 24.5. The number of aryl methyl sites for hydroxylation is 2. The first kappa shape index (κ1) is 21.8. The van der Waals surface area contributed by atoms with Crippen molar-refractivity contribution in [3.63, 3.8) is 0 Å². The van der Waals surface area contributed by atoms with Crippen molar-refractivity contribution in [1.29, 1.82) is 0 Å². The molecular formula is C25H25N11. The van der Waals surface area contributed by atoms with Gasteiger partial charge in [-0.05, 0) is 49.1 Å². The average molecular weight is 480 g/mol. The van der Waals surface area contributed by atoms with Gasteiger partial charge in [-0.25, -0.2) is 34.6 Å². The number of rotatable bonds is 6. The predicted octanol–water partition coefficient (Wildman–Crippen LogP) is 3.40. The Morgan fingerprint density at radius 1 is 1.03 bits per heavy atom. The van der Waals surface area contributed by atoms with Crippen LogP contribution >= 0.6 is 0 Å². The Hall–Kier alpha value is -4.67. The number of hydrogen-bond donors (Lipinski definition) is 1. The lowest BCUT2D eigenvalue weighted by molar-refractivity contribution is 0.792. The van der Waals surface area contributed by atoms with Crippen molar-refractivity contribution in [1.82, 2.24) is 44.1 Å². The largest absolute Gasteiger partial charge is 0.337 e. The van der Waals surface area contributed by atoms with Crippen LogP contribution in [-0.2, 0) is 6.42 Å². The molecule has 0 atom stereocenters. The molecule has 0 amide bonds. The second-order valence-electron chi connectivity index (χ2n) is 8.55. The van der Waals surface area contributed by atoms with E-state index in [9.17, 15) is 0 Å². The second kappa shape index (κ2) is 9.17. The first-order valence-electron chi connectivity index (χ1n) is 11.9. The molecule has 0 spiro atoms.